The Morgan fingerprint density at radius 3 is 1.01 bits per heavy atom. The molecule has 12 nitrogen and oxygen atoms in total. The molecule has 0 amide bonds. The normalized spacial score (nSPS) is 11.9. The molecule has 0 unspecified atom stereocenters. The molecule has 2 atom stereocenters. The van der Waals surface area contributed by atoms with Gasteiger partial charge in [-0.1, -0.05) is 123 Å². The van der Waals surface area contributed by atoms with E-state index in [4.69, 9.17) is 19.7 Å². The van der Waals surface area contributed by atoms with Crippen molar-refractivity contribution in [1.29, 1.82) is 0 Å². The maximum atomic E-state index is 12.3. The van der Waals surface area contributed by atoms with Crippen LogP contribution in [-0.4, -0.2) is 91.4 Å². The zero-order chi connectivity index (χ0) is 51.1. The molecule has 0 aromatic heterocycles. The fourth-order valence-electron chi connectivity index (χ4n) is 7.87. The molecule has 4 aromatic carbocycles. The van der Waals surface area contributed by atoms with E-state index < -0.39 is 11.9 Å². The van der Waals surface area contributed by atoms with Crippen LogP contribution in [0.3, 0.4) is 0 Å². The van der Waals surface area contributed by atoms with Gasteiger partial charge in [0.05, 0.1) is 25.0 Å². The minimum absolute atomic E-state index is 0. The van der Waals surface area contributed by atoms with E-state index in [0.29, 0.717) is 47.8 Å². The number of esters is 2. The number of aliphatic hydroxyl groups is 2. The van der Waals surface area contributed by atoms with Crippen LogP contribution in [-0.2, 0) is 32.4 Å². The molecule has 4 N–H and O–H groups in total. The average molecular weight is 987 g/mol. The number of aliphatic hydroxyl groups excluding tert-OH is 2. The van der Waals surface area contributed by atoms with E-state index in [1.165, 1.54) is 11.1 Å². The van der Waals surface area contributed by atoms with Crippen LogP contribution in [0.1, 0.15) is 163 Å². The summed E-state index contributed by atoms with van der Waals surface area (Å²) in [7, 11) is 0. The van der Waals surface area contributed by atoms with Gasteiger partial charge in [0, 0.05) is 59.3 Å². The average Bonchev–Trinajstić information content (AvgIpc) is 3.29. The number of hydrogen-bond donors (Lipinski definition) is 4. The summed E-state index contributed by atoms with van der Waals surface area (Å²) in [6.07, 6.45) is 2.90. The number of rotatable bonds is 22. The number of aliphatic carboxylic acids is 2. The molecule has 0 aliphatic rings. The summed E-state index contributed by atoms with van der Waals surface area (Å²) in [5.41, 5.74) is 5.91. The molecule has 0 aliphatic heterocycles. The Hall–Kier alpha value is -5.66. The first kappa shape index (κ1) is 67.4. The zero-order valence-electron chi connectivity index (χ0n) is 42.4. The topological polar surface area (TPSA) is 174 Å². The van der Waals surface area contributed by atoms with Crippen LogP contribution < -0.4 is 9.47 Å². The highest BCUT2D eigenvalue weighted by molar-refractivity contribution is 5.89. The second-order valence-corrected chi connectivity index (χ2v) is 18.6. The number of carboxylic acid groups (broad SMARTS) is 2. The molecule has 0 heterocycles. The van der Waals surface area contributed by atoms with Gasteiger partial charge in [0.2, 0.25) is 0 Å². The summed E-state index contributed by atoms with van der Waals surface area (Å²) in [5, 5.41) is 35.1. The van der Waals surface area contributed by atoms with E-state index in [1.54, 1.807) is 0 Å². The van der Waals surface area contributed by atoms with Gasteiger partial charge in [-0.2, -0.15) is 0 Å². The van der Waals surface area contributed by atoms with Gasteiger partial charge in [-0.05, 0) is 128 Å². The smallest absolute Gasteiger partial charge is 0.328 e. The fraction of sp³-hybridized carbons (Fsp3) is 0.492. The van der Waals surface area contributed by atoms with Crippen molar-refractivity contribution < 1.29 is 49.1 Å². The zero-order valence-corrected chi connectivity index (χ0v) is 42.4. The van der Waals surface area contributed by atoms with Gasteiger partial charge in [-0.3, -0.25) is 19.4 Å². The first-order chi connectivity index (χ1) is 32.1. The van der Waals surface area contributed by atoms with Gasteiger partial charge in [-0.25, -0.2) is 9.59 Å². The Balaban J connectivity index is 0. The number of benzene rings is 4. The van der Waals surface area contributed by atoms with E-state index in [0.717, 1.165) is 48.2 Å². The van der Waals surface area contributed by atoms with Gasteiger partial charge in [0.25, 0.3) is 0 Å². The van der Waals surface area contributed by atoms with Crippen LogP contribution >= 0.6 is 0 Å². The quantitative estimate of drug-likeness (QED) is 0.0334. The van der Waals surface area contributed by atoms with Crippen molar-refractivity contribution in [2.75, 3.05) is 13.1 Å². The second kappa shape index (κ2) is 34.6. The highest BCUT2D eigenvalue weighted by Crippen LogP contribution is 2.38. The van der Waals surface area contributed by atoms with Crippen molar-refractivity contribution in [3.05, 3.63) is 143 Å². The number of ether oxygens (including phenoxy) is 2. The van der Waals surface area contributed by atoms with E-state index in [2.05, 4.69) is 89.5 Å². The van der Waals surface area contributed by atoms with Crippen LogP contribution in [0.4, 0.5) is 0 Å². The molecule has 0 saturated heterocycles. The lowest BCUT2D eigenvalue weighted by atomic mass is 9.86. The minimum Gasteiger partial charge on any atom is -0.478 e. The van der Waals surface area contributed by atoms with Crippen LogP contribution in [0.15, 0.2) is 109 Å². The molecule has 0 bridgehead atoms. The molecule has 4 rings (SSSR count). The predicted octanol–water partition coefficient (Wildman–Crippen LogP) is 12.4. The maximum absolute atomic E-state index is 12.3. The van der Waals surface area contributed by atoms with Gasteiger partial charge < -0.3 is 29.9 Å². The molecular weight excluding hydrogens is 897 g/mol. The summed E-state index contributed by atoms with van der Waals surface area (Å²) in [4.78, 5) is 48.7. The summed E-state index contributed by atoms with van der Waals surface area (Å²) in [5.74, 6) is -2.12. The fourth-order valence-corrected chi connectivity index (χ4v) is 7.87. The van der Waals surface area contributed by atoms with E-state index in [9.17, 15) is 29.4 Å². The first-order valence-electron chi connectivity index (χ1n) is 23.8. The molecule has 71 heavy (non-hydrogen) atoms. The Morgan fingerprint density at radius 1 is 0.479 bits per heavy atom. The Kier molecular flexibility index (Phi) is 32.9. The maximum Gasteiger partial charge on any atom is 0.328 e. The summed E-state index contributed by atoms with van der Waals surface area (Å²) < 4.78 is 11.6. The highest BCUT2D eigenvalue weighted by Gasteiger charge is 2.26. The van der Waals surface area contributed by atoms with Gasteiger partial charge in [0.15, 0.2) is 0 Å². The molecule has 396 valence electrons. The highest BCUT2D eigenvalue weighted by atomic mass is 16.5. The van der Waals surface area contributed by atoms with Crippen molar-refractivity contribution in [3.63, 3.8) is 0 Å². The third-order valence-corrected chi connectivity index (χ3v) is 11.4. The van der Waals surface area contributed by atoms with Crippen LogP contribution in [0, 0.1) is 11.8 Å². The van der Waals surface area contributed by atoms with Crippen LogP contribution in [0.25, 0.3) is 0 Å². The molecule has 0 aliphatic carbocycles. The van der Waals surface area contributed by atoms with Crippen molar-refractivity contribution in [3.8, 4) is 11.5 Å². The number of carbonyl (C=O) groups excluding carboxylic acids is 2. The number of hydrogen-bond acceptors (Lipinski definition) is 10. The second-order valence-electron chi connectivity index (χ2n) is 18.6. The Labute approximate surface area is 427 Å². The Morgan fingerprint density at radius 2 is 0.775 bits per heavy atom. The summed E-state index contributed by atoms with van der Waals surface area (Å²) in [6, 6.07) is 33.7. The number of nitrogens with zero attached hydrogens (tertiary/aromatic N) is 2. The molecule has 0 saturated carbocycles. The van der Waals surface area contributed by atoms with Crippen molar-refractivity contribution in [1.82, 2.24) is 9.80 Å². The molecule has 12 heteroatoms. The lowest BCUT2D eigenvalue weighted by molar-refractivity contribution is -0.138. The van der Waals surface area contributed by atoms with Gasteiger partial charge in [-0.15, -0.1) is 0 Å². The molecule has 4 aromatic rings. The summed E-state index contributed by atoms with van der Waals surface area (Å²) >= 11 is 0. The van der Waals surface area contributed by atoms with E-state index in [-0.39, 0.29) is 71.1 Å². The Bertz CT molecular complexity index is 2000. The van der Waals surface area contributed by atoms with Gasteiger partial charge >= 0.3 is 23.9 Å². The van der Waals surface area contributed by atoms with Crippen LogP contribution in [0.2, 0.25) is 0 Å². The lowest BCUT2D eigenvalue weighted by Crippen LogP contribution is -2.38. The predicted molar refractivity (Wildman–Crippen MR) is 290 cm³/mol. The van der Waals surface area contributed by atoms with Crippen molar-refractivity contribution in [2.24, 2.45) is 11.8 Å². The first-order valence-corrected chi connectivity index (χ1v) is 23.8. The number of carboxylic acids is 2. The third-order valence-electron chi connectivity index (χ3n) is 11.4. The van der Waals surface area contributed by atoms with Crippen LogP contribution in [0.5, 0.6) is 11.5 Å². The van der Waals surface area contributed by atoms with E-state index in [1.807, 2.05) is 100 Å². The lowest BCUT2D eigenvalue weighted by Gasteiger charge is -2.32. The third kappa shape index (κ3) is 23.4. The SMILES string of the molecule is C.C.C.CC(C)C(=O)Oc1ccc(CO)cc1[C@@H](CCN(C(C)C)C(C)C)c1ccccc1.CC(C)C(=O)Oc1ccc(CO)cc1[C@@H](CCN(C(C)C)C(C)C)c1ccccc1.O=C(O)/C=C/C(=O)O. The van der Waals surface area contributed by atoms with Gasteiger partial charge in [0.1, 0.15) is 11.5 Å². The molecule has 0 fully saturated rings. The molecule has 0 spiro atoms. The largest absolute Gasteiger partial charge is 0.478 e. The standard InChI is InChI=1S/2C26H37NO3.C4H4O4.3CH4/c2*1-18(2)26(29)30-25-13-12-21(17-28)16-24(25)23(22-10-8-7-9-11-22)14-15-27(19(3)4)20(5)6;5-3(6)1-2-4(7)8;;;/h2*7-13,16,18-20,23,28H,14-15,17H2,1-6H3;1-2H,(H,5,6)(H,7,8);3*1H4/b;;2-1+;;;/t2*23-;;;;/m00..../s1. The minimum atomic E-state index is -1.26. The van der Waals surface area contributed by atoms with Crippen molar-refractivity contribution in [2.45, 2.75) is 167 Å². The molecule has 0 radical (unpaired) electrons. The van der Waals surface area contributed by atoms with Crippen molar-refractivity contribution >= 4 is 23.9 Å². The number of carbonyl (C=O) groups is 4. The van der Waals surface area contributed by atoms with E-state index >= 15 is 0 Å². The molecular formula is C59H90N2O10. The summed E-state index contributed by atoms with van der Waals surface area (Å²) in [6.45, 7) is 26.9. The monoisotopic (exact) mass is 987 g/mol.